The number of ether oxygens (including phenoxy) is 1. The maximum absolute atomic E-state index is 12.5. The van der Waals surface area contributed by atoms with Crippen LogP contribution in [0.25, 0.3) is 6.08 Å². The molecule has 0 fully saturated rings. The van der Waals surface area contributed by atoms with Crippen LogP contribution in [0.2, 0.25) is 15.1 Å². The molecule has 8 heteroatoms. The molecule has 0 radical (unpaired) electrons. The van der Waals surface area contributed by atoms with Crippen LogP contribution in [0.5, 0.6) is 11.5 Å². The SMILES string of the molecule is CC(C)(C)c1ccc(Oc2ccc(C=CC(=O)c3ccc(Cl)c(Cl)c3Cl)cc2[N+](=O)[O-])cc1. The summed E-state index contributed by atoms with van der Waals surface area (Å²) in [7, 11) is 0. The van der Waals surface area contributed by atoms with Crippen LogP contribution in [0.3, 0.4) is 0 Å². The molecule has 0 aliphatic heterocycles. The maximum atomic E-state index is 12.5. The van der Waals surface area contributed by atoms with Gasteiger partial charge in [-0.2, -0.15) is 0 Å². The summed E-state index contributed by atoms with van der Waals surface area (Å²) < 4.78 is 5.75. The average Bonchev–Trinajstić information content (AvgIpc) is 2.76. The topological polar surface area (TPSA) is 69.4 Å². The molecule has 3 aromatic rings. The number of nitro benzene ring substituents is 1. The first-order valence-electron chi connectivity index (χ1n) is 9.90. The van der Waals surface area contributed by atoms with E-state index in [1.165, 1.54) is 36.4 Å². The number of nitrogens with zero attached hydrogens (tertiary/aromatic N) is 1. The number of halogens is 3. The highest BCUT2D eigenvalue weighted by Crippen LogP contribution is 2.35. The molecule has 33 heavy (non-hydrogen) atoms. The van der Waals surface area contributed by atoms with Gasteiger partial charge in [0.05, 0.1) is 20.0 Å². The van der Waals surface area contributed by atoms with Crippen molar-refractivity contribution in [1.82, 2.24) is 0 Å². The first-order valence-corrected chi connectivity index (χ1v) is 11.0. The van der Waals surface area contributed by atoms with Gasteiger partial charge in [-0.15, -0.1) is 0 Å². The molecule has 0 heterocycles. The molecule has 3 rings (SSSR count). The second-order valence-corrected chi connectivity index (χ2v) is 9.44. The molecule has 0 bridgehead atoms. The van der Waals surface area contributed by atoms with E-state index in [9.17, 15) is 14.9 Å². The van der Waals surface area contributed by atoms with Crippen molar-refractivity contribution in [3.8, 4) is 11.5 Å². The number of nitro groups is 1. The number of carbonyl (C=O) groups excluding carboxylic acids is 1. The number of hydrogen-bond donors (Lipinski definition) is 0. The zero-order valence-corrected chi connectivity index (χ0v) is 20.3. The Balaban J connectivity index is 1.83. The Morgan fingerprint density at radius 2 is 1.64 bits per heavy atom. The third kappa shape index (κ3) is 5.93. The molecule has 170 valence electrons. The van der Waals surface area contributed by atoms with Crippen molar-refractivity contribution in [1.29, 1.82) is 0 Å². The first kappa shape index (κ1) is 24.8. The molecular formula is C25H20Cl3NO4. The van der Waals surface area contributed by atoms with Crippen LogP contribution in [-0.4, -0.2) is 10.7 Å². The molecule has 5 nitrogen and oxygen atoms in total. The molecule has 0 aliphatic rings. The Labute approximate surface area is 206 Å². The van der Waals surface area contributed by atoms with Crippen molar-refractivity contribution >= 4 is 52.3 Å². The molecule has 0 spiro atoms. The molecule has 0 N–H and O–H groups in total. The van der Waals surface area contributed by atoms with Crippen molar-refractivity contribution in [2.75, 3.05) is 0 Å². The molecule has 0 amide bonds. The van der Waals surface area contributed by atoms with Crippen LogP contribution < -0.4 is 4.74 Å². The van der Waals surface area contributed by atoms with E-state index in [4.69, 9.17) is 39.5 Å². The number of allylic oxidation sites excluding steroid dienone is 1. The summed E-state index contributed by atoms with van der Waals surface area (Å²) in [5.74, 6) is 0.166. The Morgan fingerprint density at radius 1 is 0.970 bits per heavy atom. The number of hydrogen-bond acceptors (Lipinski definition) is 4. The van der Waals surface area contributed by atoms with E-state index in [0.717, 1.165) is 5.56 Å². The smallest absolute Gasteiger partial charge is 0.312 e. The van der Waals surface area contributed by atoms with Crippen LogP contribution in [0.4, 0.5) is 5.69 Å². The standard InChI is InChI=1S/C25H20Cl3NO4/c1-25(2,3)16-6-8-17(9-7-16)33-22-13-5-15(14-20(22)29(31)32)4-12-21(30)18-10-11-19(26)24(28)23(18)27/h4-14H,1-3H3. The van der Waals surface area contributed by atoms with Gasteiger partial charge in [0.2, 0.25) is 5.75 Å². The summed E-state index contributed by atoms with van der Waals surface area (Å²) >= 11 is 18.0. The van der Waals surface area contributed by atoms with Gasteiger partial charge in [0.15, 0.2) is 5.78 Å². The minimum atomic E-state index is -0.534. The van der Waals surface area contributed by atoms with Gasteiger partial charge in [-0.1, -0.05) is 79.8 Å². The third-order valence-corrected chi connectivity index (χ3v) is 6.15. The Kier molecular flexibility index (Phi) is 7.48. The summed E-state index contributed by atoms with van der Waals surface area (Å²) in [4.78, 5) is 23.6. The highest BCUT2D eigenvalue weighted by Gasteiger charge is 2.18. The number of benzene rings is 3. The van der Waals surface area contributed by atoms with Gasteiger partial charge >= 0.3 is 5.69 Å². The fourth-order valence-corrected chi connectivity index (χ4v) is 3.62. The van der Waals surface area contributed by atoms with Gasteiger partial charge in [-0.25, -0.2) is 0 Å². The van der Waals surface area contributed by atoms with Gasteiger partial charge in [0.25, 0.3) is 0 Å². The predicted molar refractivity (Wildman–Crippen MR) is 133 cm³/mol. The summed E-state index contributed by atoms with van der Waals surface area (Å²) in [5.41, 5.74) is 1.50. The van der Waals surface area contributed by atoms with E-state index in [2.05, 4.69) is 20.8 Å². The van der Waals surface area contributed by atoms with Gasteiger partial charge in [-0.05, 0) is 52.9 Å². The highest BCUT2D eigenvalue weighted by molar-refractivity contribution is 6.49. The van der Waals surface area contributed by atoms with Crippen molar-refractivity contribution in [2.45, 2.75) is 26.2 Å². The average molecular weight is 505 g/mol. The summed E-state index contributed by atoms with van der Waals surface area (Å²) in [6.45, 7) is 6.29. The summed E-state index contributed by atoms with van der Waals surface area (Å²) in [6.07, 6.45) is 2.71. The second kappa shape index (κ2) is 9.96. The summed E-state index contributed by atoms with van der Waals surface area (Å²) in [5, 5.41) is 12.0. The fraction of sp³-hybridized carbons (Fsp3) is 0.160. The van der Waals surface area contributed by atoms with E-state index in [-0.39, 0.29) is 37.5 Å². The Hall–Kier alpha value is -2.86. The fourth-order valence-electron chi connectivity index (χ4n) is 2.99. The molecule has 0 saturated carbocycles. The lowest BCUT2D eigenvalue weighted by atomic mass is 9.87. The first-order chi connectivity index (χ1) is 15.5. The minimum absolute atomic E-state index is 0.0164. The third-order valence-electron chi connectivity index (χ3n) is 4.86. The van der Waals surface area contributed by atoms with Gasteiger partial charge in [0, 0.05) is 11.6 Å². The van der Waals surface area contributed by atoms with Crippen molar-refractivity contribution in [2.24, 2.45) is 0 Å². The maximum Gasteiger partial charge on any atom is 0.312 e. The Bertz CT molecular complexity index is 1250. The molecule has 0 saturated heterocycles. The molecule has 0 aromatic heterocycles. The molecule has 0 atom stereocenters. The lowest BCUT2D eigenvalue weighted by molar-refractivity contribution is -0.385. The van der Waals surface area contributed by atoms with Crippen LogP contribution in [0, 0.1) is 10.1 Å². The van der Waals surface area contributed by atoms with E-state index >= 15 is 0 Å². The molecule has 0 unspecified atom stereocenters. The van der Waals surface area contributed by atoms with Gasteiger partial charge in [0.1, 0.15) is 5.75 Å². The largest absolute Gasteiger partial charge is 0.450 e. The monoisotopic (exact) mass is 503 g/mol. The molecule has 0 aliphatic carbocycles. The number of rotatable bonds is 6. The van der Waals surface area contributed by atoms with Gasteiger partial charge in [-0.3, -0.25) is 14.9 Å². The molecule has 3 aromatic carbocycles. The highest BCUT2D eigenvalue weighted by atomic mass is 35.5. The van der Waals surface area contributed by atoms with E-state index in [1.54, 1.807) is 18.2 Å². The number of carbonyl (C=O) groups is 1. The molecular weight excluding hydrogens is 485 g/mol. The lowest BCUT2D eigenvalue weighted by Gasteiger charge is -2.19. The van der Waals surface area contributed by atoms with Crippen LogP contribution >= 0.6 is 34.8 Å². The quantitative estimate of drug-likeness (QED) is 0.111. The minimum Gasteiger partial charge on any atom is -0.450 e. The second-order valence-electron chi connectivity index (χ2n) is 8.28. The van der Waals surface area contributed by atoms with Crippen LogP contribution in [0.1, 0.15) is 42.3 Å². The van der Waals surface area contributed by atoms with Gasteiger partial charge < -0.3 is 4.74 Å². The Morgan fingerprint density at radius 3 is 2.24 bits per heavy atom. The van der Waals surface area contributed by atoms with Crippen molar-refractivity contribution in [3.63, 3.8) is 0 Å². The van der Waals surface area contributed by atoms with Crippen molar-refractivity contribution in [3.05, 3.63) is 103 Å². The zero-order valence-electron chi connectivity index (χ0n) is 18.1. The van der Waals surface area contributed by atoms with E-state index in [0.29, 0.717) is 11.3 Å². The zero-order chi connectivity index (χ0) is 24.3. The van der Waals surface area contributed by atoms with Crippen LogP contribution in [0.15, 0.2) is 60.7 Å². The number of ketones is 1. The van der Waals surface area contributed by atoms with Crippen molar-refractivity contribution < 1.29 is 14.5 Å². The normalized spacial score (nSPS) is 11.6. The lowest BCUT2D eigenvalue weighted by Crippen LogP contribution is -2.10. The predicted octanol–water partition coefficient (Wildman–Crippen LogP) is 8.54. The summed E-state index contributed by atoms with van der Waals surface area (Å²) in [6, 6.07) is 14.8. The van der Waals surface area contributed by atoms with E-state index < -0.39 is 10.7 Å². The van der Waals surface area contributed by atoms with E-state index in [1.807, 2.05) is 12.1 Å². The van der Waals surface area contributed by atoms with Crippen LogP contribution in [-0.2, 0) is 5.41 Å².